The first-order chi connectivity index (χ1) is 15.5. The van der Waals surface area contributed by atoms with Crippen LogP contribution in [-0.4, -0.2) is 39.2 Å². The first kappa shape index (κ1) is 24.3. The molecule has 4 N–H and O–H groups in total. The second-order valence-electron chi connectivity index (χ2n) is 7.98. The highest BCUT2D eigenvalue weighted by Gasteiger charge is 2.20. The fraction of sp³-hybridized carbons (Fsp3) is 0.286. The normalized spacial score (nSPS) is 12.2. The van der Waals surface area contributed by atoms with Crippen molar-refractivity contribution in [1.29, 1.82) is 0 Å². The number of aromatic nitrogens is 2. The summed E-state index contributed by atoms with van der Waals surface area (Å²) in [7, 11) is 0. The number of carbonyl (C=O) groups is 1. The Hall–Kier alpha value is -3.31. The number of amides is 1. The van der Waals surface area contributed by atoms with Crippen LogP contribution < -0.4 is 10.8 Å². The zero-order chi connectivity index (χ0) is 24.3. The van der Waals surface area contributed by atoms with Crippen molar-refractivity contribution in [3.8, 4) is 0 Å². The predicted octanol–water partition coefficient (Wildman–Crippen LogP) is 4.76. The van der Waals surface area contributed by atoms with Crippen LogP contribution in [0.3, 0.4) is 0 Å². The molecule has 12 heteroatoms. The smallest absolute Gasteiger partial charge is 0.407 e. The third kappa shape index (κ3) is 5.93. The number of hydroxylamine groups is 1. The Morgan fingerprint density at radius 1 is 1.24 bits per heavy atom. The number of imidazole rings is 1. The number of hydrogen-bond donors (Lipinski definition) is 4. The lowest BCUT2D eigenvalue weighted by Crippen LogP contribution is -2.33. The topological polar surface area (TPSA) is 112 Å². The molecule has 2 aromatic carbocycles. The number of alkyl carbamates (subject to hydrolysis) is 1. The van der Waals surface area contributed by atoms with E-state index in [0.717, 1.165) is 12.1 Å². The monoisotopic (exact) mass is 483 g/mol. The fourth-order valence-electron chi connectivity index (χ4n) is 2.88. The molecular weight excluding hydrogens is 463 g/mol. The molecule has 1 aromatic heterocycles. The molecule has 1 amide bonds. The number of benzene rings is 2. The van der Waals surface area contributed by atoms with E-state index >= 15 is 0 Å². The quantitative estimate of drug-likeness (QED) is 0.237. The summed E-state index contributed by atoms with van der Waals surface area (Å²) in [6.45, 7) is 5.28. The maximum Gasteiger partial charge on any atom is 0.407 e. The molecule has 0 saturated carbocycles. The number of ether oxygens (including phenoxy) is 1. The molecule has 0 saturated heterocycles. The van der Waals surface area contributed by atoms with Crippen molar-refractivity contribution in [2.24, 2.45) is 4.99 Å². The van der Waals surface area contributed by atoms with Crippen molar-refractivity contribution in [1.82, 2.24) is 20.8 Å². The van der Waals surface area contributed by atoms with E-state index in [1.54, 1.807) is 20.8 Å². The van der Waals surface area contributed by atoms with Crippen molar-refractivity contribution in [2.75, 3.05) is 6.54 Å². The van der Waals surface area contributed by atoms with E-state index in [0.29, 0.717) is 0 Å². The number of halogens is 4. The van der Waals surface area contributed by atoms with E-state index < -0.39 is 29.1 Å². The van der Waals surface area contributed by atoms with Gasteiger partial charge in [0, 0.05) is 18.5 Å². The highest BCUT2D eigenvalue weighted by atomic mass is 35.5. The first-order valence-corrected chi connectivity index (χ1v) is 10.1. The van der Waals surface area contributed by atoms with Gasteiger partial charge in [-0.1, -0.05) is 11.6 Å². The Balaban J connectivity index is 1.91. The van der Waals surface area contributed by atoms with Gasteiger partial charge in [0.05, 0.1) is 16.2 Å². The van der Waals surface area contributed by atoms with Crippen LogP contribution in [-0.2, 0) is 11.2 Å². The Kier molecular flexibility index (Phi) is 7.13. The molecule has 0 radical (unpaired) electrons. The molecule has 0 aliphatic heterocycles. The Morgan fingerprint density at radius 3 is 2.61 bits per heavy atom. The number of hydrogen-bond acceptors (Lipinski definition) is 5. The van der Waals surface area contributed by atoms with E-state index in [2.05, 4.69) is 20.3 Å². The van der Waals surface area contributed by atoms with Gasteiger partial charge in [0.2, 0.25) is 0 Å². The molecule has 3 rings (SSSR count). The van der Waals surface area contributed by atoms with Crippen LogP contribution in [0.1, 0.15) is 32.2 Å². The lowest BCUT2D eigenvalue weighted by atomic mass is 10.1. The number of fused-ring (bicyclic) bond motifs is 1. The number of rotatable bonds is 5. The molecule has 3 aromatic rings. The average Bonchev–Trinajstić information content (AvgIpc) is 3.15. The number of aliphatic imine (C=N–C) groups is 1. The van der Waals surface area contributed by atoms with Gasteiger partial charge in [-0.25, -0.2) is 27.9 Å². The first-order valence-electron chi connectivity index (χ1n) is 9.76. The minimum absolute atomic E-state index is 0.0364. The van der Waals surface area contributed by atoms with Gasteiger partial charge in [-0.3, -0.25) is 10.7 Å². The summed E-state index contributed by atoms with van der Waals surface area (Å²) >= 11 is 5.75. The summed E-state index contributed by atoms with van der Waals surface area (Å²) in [6, 6.07) is 4.39. The summed E-state index contributed by atoms with van der Waals surface area (Å²) in [5, 5.41) is 11.9. The van der Waals surface area contributed by atoms with Crippen LogP contribution in [0.4, 0.5) is 23.7 Å². The van der Waals surface area contributed by atoms with E-state index in [1.807, 2.05) is 5.48 Å². The molecule has 0 fully saturated rings. The summed E-state index contributed by atoms with van der Waals surface area (Å²) in [5.41, 5.74) is 1.01. The second kappa shape index (κ2) is 9.67. The lowest BCUT2D eigenvalue weighted by molar-refractivity contribution is 0.0528. The molecule has 176 valence electrons. The van der Waals surface area contributed by atoms with E-state index in [1.165, 1.54) is 12.1 Å². The van der Waals surface area contributed by atoms with Gasteiger partial charge in [-0.15, -0.1) is 0 Å². The molecule has 0 bridgehead atoms. The molecule has 8 nitrogen and oxygen atoms in total. The standard InChI is InChI=1S/C21H21ClF3N5O3/c1-21(2,3)33-20(31)26-7-6-15-28-17-11(9-14(24)16(25)18(17)29-15)19(30-32)27-10-4-5-13(23)12(22)8-10/h4-5,8-9,32H,6-7H2,1-3H3,(H,26,31)(H,27,30)(H,28,29). The van der Waals surface area contributed by atoms with Crippen LogP contribution in [0, 0.1) is 17.5 Å². The van der Waals surface area contributed by atoms with Crippen LogP contribution in [0.5, 0.6) is 0 Å². The molecule has 33 heavy (non-hydrogen) atoms. The van der Waals surface area contributed by atoms with E-state index in [-0.39, 0.29) is 51.9 Å². The summed E-state index contributed by atoms with van der Waals surface area (Å²) in [5.74, 6) is -3.10. The average molecular weight is 484 g/mol. The van der Waals surface area contributed by atoms with Gasteiger partial charge >= 0.3 is 6.09 Å². The van der Waals surface area contributed by atoms with Gasteiger partial charge in [0.15, 0.2) is 17.5 Å². The minimum Gasteiger partial charge on any atom is -0.444 e. The molecule has 0 unspecified atom stereocenters. The number of H-pyrrole nitrogens is 1. The van der Waals surface area contributed by atoms with Crippen molar-refractivity contribution >= 4 is 40.3 Å². The summed E-state index contributed by atoms with van der Waals surface area (Å²) in [4.78, 5) is 22.8. The predicted molar refractivity (Wildman–Crippen MR) is 116 cm³/mol. The molecule has 0 aliphatic rings. The molecule has 1 heterocycles. The number of carbonyl (C=O) groups excluding carboxylic acids is 1. The van der Waals surface area contributed by atoms with Gasteiger partial charge in [-0.05, 0) is 45.0 Å². The number of amidine groups is 1. The third-order valence-electron chi connectivity index (χ3n) is 4.25. The highest BCUT2D eigenvalue weighted by molar-refractivity contribution is 6.31. The van der Waals surface area contributed by atoms with Crippen molar-refractivity contribution in [3.05, 3.63) is 58.1 Å². The fourth-order valence-corrected chi connectivity index (χ4v) is 3.06. The van der Waals surface area contributed by atoms with E-state index in [9.17, 15) is 23.2 Å². The molecule has 0 aliphatic carbocycles. The molecular formula is C21H21ClF3N5O3. The number of nitrogens with one attached hydrogen (secondary N) is 3. The van der Waals surface area contributed by atoms with Gasteiger partial charge < -0.3 is 15.0 Å². The van der Waals surface area contributed by atoms with E-state index in [4.69, 9.17) is 16.3 Å². The number of aromatic amines is 1. The van der Waals surface area contributed by atoms with Crippen LogP contribution in [0.2, 0.25) is 5.02 Å². The highest BCUT2D eigenvalue weighted by Crippen LogP contribution is 2.26. The molecule has 0 spiro atoms. The van der Waals surface area contributed by atoms with Crippen molar-refractivity contribution in [2.45, 2.75) is 32.8 Å². The Labute approximate surface area is 191 Å². The van der Waals surface area contributed by atoms with Crippen molar-refractivity contribution in [3.63, 3.8) is 0 Å². The number of nitrogens with zero attached hydrogens (tertiary/aromatic N) is 2. The largest absolute Gasteiger partial charge is 0.444 e. The third-order valence-corrected chi connectivity index (χ3v) is 4.54. The van der Waals surface area contributed by atoms with Crippen molar-refractivity contribution < 1.29 is 27.9 Å². The van der Waals surface area contributed by atoms with Crippen LogP contribution in [0.25, 0.3) is 11.0 Å². The summed E-state index contributed by atoms with van der Waals surface area (Å²) < 4.78 is 47.2. The van der Waals surface area contributed by atoms with Crippen LogP contribution in [0.15, 0.2) is 29.3 Å². The Bertz CT molecular complexity index is 1220. The van der Waals surface area contributed by atoms with Gasteiger partial charge in [-0.2, -0.15) is 0 Å². The lowest BCUT2D eigenvalue weighted by Gasteiger charge is -2.19. The maximum absolute atomic E-state index is 14.4. The van der Waals surface area contributed by atoms with Gasteiger partial charge in [0.1, 0.15) is 22.8 Å². The zero-order valence-electron chi connectivity index (χ0n) is 17.9. The Morgan fingerprint density at radius 2 is 1.97 bits per heavy atom. The van der Waals surface area contributed by atoms with Gasteiger partial charge in [0.25, 0.3) is 0 Å². The second-order valence-corrected chi connectivity index (χ2v) is 8.38. The minimum atomic E-state index is -1.22. The molecule has 0 atom stereocenters. The SMILES string of the molecule is CC(C)(C)OC(=O)NCCc1nc2c(F)c(F)cc(C(=Nc3ccc(F)c(Cl)c3)NO)c2[nH]1. The zero-order valence-corrected chi connectivity index (χ0v) is 18.6. The van der Waals surface area contributed by atoms with Crippen LogP contribution >= 0.6 is 11.6 Å². The summed E-state index contributed by atoms with van der Waals surface area (Å²) in [6.07, 6.45) is -0.477. The maximum atomic E-state index is 14.4.